The van der Waals surface area contributed by atoms with Crippen molar-refractivity contribution in [2.24, 2.45) is 0 Å². The third-order valence-electron chi connectivity index (χ3n) is 10.6. The lowest BCUT2D eigenvalue weighted by atomic mass is 9.98. The van der Waals surface area contributed by atoms with Crippen LogP contribution in [0.15, 0.2) is 182 Å². The molecule has 0 N–H and O–H groups in total. The highest BCUT2D eigenvalue weighted by atomic mass is 15.0. The number of rotatable bonds is 4. The molecule has 246 valence electrons. The first kappa shape index (κ1) is 29.5. The van der Waals surface area contributed by atoms with Gasteiger partial charge in [0.05, 0.1) is 39.0 Å². The normalized spacial score (nSPS) is 11.8. The van der Waals surface area contributed by atoms with E-state index in [-0.39, 0.29) is 0 Å². The fourth-order valence-corrected chi connectivity index (χ4v) is 8.07. The Kier molecular flexibility index (Phi) is 6.52. The Bertz CT molecular complexity index is 3200. The first-order valence-corrected chi connectivity index (χ1v) is 17.9. The van der Waals surface area contributed by atoms with Gasteiger partial charge in [-0.3, -0.25) is 4.98 Å². The van der Waals surface area contributed by atoms with E-state index in [4.69, 9.17) is 9.97 Å². The van der Waals surface area contributed by atoms with E-state index in [9.17, 15) is 0 Å². The highest BCUT2D eigenvalue weighted by Crippen LogP contribution is 2.41. The molecule has 4 nitrogen and oxygen atoms in total. The number of nitrogens with zero attached hydrogens (tertiary/aromatic N) is 4. The molecule has 0 aliphatic carbocycles. The van der Waals surface area contributed by atoms with Gasteiger partial charge in [0.15, 0.2) is 0 Å². The first-order valence-electron chi connectivity index (χ1n) is 17.9. The molecule has 4 aromatic heterocycles. The summed E-state index contributed by atoms with van der Waals surface area (Å²) in [5, 5.41) is 8.07. The summed E-state index contributed by atoms with van der Waals surface area (Å²) in [6.45, 7) is 0. The molecule has 4 heteroatoms. The molecule has 0 radical (unpaired) electrons. The van der Waals surface area contributed by atoms with E-state index in [1.165, 1.54) is 16.2 Å². The summed E-state index contributed by atoms with van der Waals surface area (Å²) in [6, 6.07) is 62.5. The van der Waals surface area contributed by atoms with Crippen LogP contribution in [0.25, 0.3) is 105 Å². The lowest BCUT2D eigenvalue weighted by Gasteiger charge is -2.13. The molecule has 0 unspecified atom stereocenters. The van der Waals surface area contributed by atoms with E-state index in [1.807, 2.05) is 12.3 Å². The van der Waals surface area contributed by atoms with Gasteiger partial charge in [-0.05, 0) is 46.8 Å². The Morgan fingerprint density at radius 1 is 0.377 bits per heavy atom. The molecule has 7 aromatic carbocycles. The SMILES string of the molecule is c1ccc(-c2nc3c(ccc4c5ccc(-c6ccc(-c7ccc8ccc9cccnc9c8n7)cc6)cc5n(-c5ccccc5)c43)c3ccccc23)cc1. The van der Waals surface area contributed by atoms with Gasteiger partial charge in [-0.25, -0.2) is 9.97 Å². The van der Waals surface area contributed by atoms with Crippen molar-refractivity contribution < 1.29 is 0 Å². The number of para-hydroxylation sites is 1. The van der Waals surface area contributed by atoms with Gasteiger partial charge < -0.3 is 4.57 Å². The van der Waals surface area contributed by atoms with Gasteiger partial charge in [0.2, 0.25) is 0 Å². The monoisotopic (exact) mass is 674 g/mol. The second-order valence-electron chi connectivity index (χ2n) is 13.6. The maximum absolute atomic E-state index is 5.51. The molecular formula is C49H30N4. The molecular weight excluding hydrogens is 645 g/mol. The fraction of sp³-hybridized carbons (Fsp3) is 0. The second-order valence-corrected chi connectivity index (χ2v) is 13.6. The van der Waals surface area contributed by atoms with E-state index in [2.05, 4.69) is 179 Å². The molecule has 0 spiro atoms. The van der Waals surface area contributed by atoms with Crippen molar-refractivity contribution in [3.8, 4) is 39.3 Å². The van der Waals surface area contributed by atoms with E-state index in [0.29, 0.717) is 0 Å². The predicted octanol–water partition coefficient (Wildman–Crippen LogP) is 12.6. The minimum Gasteiger partial charge on any atom is -0.307 e. The quantitative estimate of drug-likeness (QED) is 0.175. The molecule has 0 atom stereocenters. The van der Waals surface area contributed by atoms with Crippen LogP contribution in [-0.4, -0.2) is 19.5 Å². The van der Waals surface area contributed by atoms with Crippen molar-refractivity contribution in [2.75, 3.05) is 0 Å². The van der Waals surface area contributed by atoms with Gasteiger partial charge in [0, 0.05) is 55.3 Å². The van der Waals surface area contributed by atoms with Crippen LogP contribution in [0, 0.1) is 0 Å². The molecule has 0 saturated carbocycles. The van der Waals surface area contributed by atoms with Gasteiger partial charge in [0.25, 0.3) is 0 Å². The van der Waals surface area contributed by atoms with Gasteiger partial charge in [-0.15, -0.1) is 0 Å². The summed E-state index contributed by atoms with van der Waals surface area (Å²) in [4.78, 5) is 15.2. The minimum absolute atomic E-state index is 0.926. The van der Waals surface area contributed by atoms with Gasteiger partial charge in [-0.2, -0.15) is 0 Å². The summed E-state index contributed by atoms with van der Waals surface area (Å²) in [5.74, 6) is 0. The topological polar surface area (TPSA) is 43.6 Å². The molecule has 0 bridgehead atoms. The standard InChI is InChI=1S/C49H30N4/c1-3-10-33(11-4-1)45-40-16-8-7-15-38(40)41-26-27-42-39-25-23-36(30-44(39)53(49(42)48(41)52-45)37-13-5-2-6-14-37)31-17-19-32(20-18-31)43-28-24-35-22-21-34-12-9-29-50-46(34)47(35)51-43/h1-30H. The highest BCUT2D eigenvalue weighted by molar-refractivity contribution is 6.23. The van der Waals surface area contributed by atoms with Crippen molar-refractivity contribution in [1.29, 1.82) is 0 Å². The molecule has 0 aliphatic rings. The van der Waals surface area contributed by atoms with Crippen molar-refractivity contribution in [3.63, 3.8) is 0 Å². The van der Waals surface area contributed by atoms with Gasteiger partial charge >= 0.3 is 0 Å². The van der Waals surface area contributed by atoms with Crippen LogP contribution in [0.2, 0.25) is 0 Å². The zero-order valence-electron chi connectivity index (χ0n) is 28.6. The largest absolute Gasteiger partial charge is 0.307 e. The van der Waals surface area contributed by atoms with E-state index < -0.39 is 0 Å². The summed E-state index contributed by atoms with van der Waals surface area (Å²) < 4.78 is 2.40. The number of fused-ring (bicyclic) bond motifs is 10. The Morgan fingerprint density at radius 2 is 1.04 bits per heavy atom. The summed E-state index contributed by atoms with van der Waals surface area (Å²) in [6.07, 6.45) is 1.84. The molecule has 53 heavy (non-hydrogen) atoms. The number of hydrogen-bond acceptors (Lipinski definition) is 3. The van der Waals surface area contributed by atoms with Gasteiger partial charge in [0.1, 0.15) is 0 Å². The van der Waals surface area contributed by atoms with Crippen molar-refractivity contribution in [2.45, 2.75) is 0 Å². The summed E-state index contributed by atoms with van der Waals surface area (Å²) in [5.41, 5.74) is 12.6. The van der Waals surface area contributed by atoms with E-state index >= 15 is 0 Å². The average molecular weight is 675 g/mol. The number of hydrogen-bond donors (Lipinski definition) is 0. The summed E-state index contributed by atoms with van der Waals surface area (Å²) in [7, 11) is 0. The molecule has 0 fully saturated rings. The lowest BCUT2D eigenvalue weighted by Crippen LogP contribution is -1.97. The van der Waals surface area contributed by atoms with E-state index in [0.717, 1.165) is 88.5 Å². The molecule has 0 aliphatic heterocycles. The Balaban J connectivity index is 1.10. The van der Waals surface area contributed by atoms with Crippen LogP contribution in [0.3, 0.4) is 0 Å². The Hall–Kier alpha value is -7.17. The van der Waals surface area contributed by atoms with Crippen molar-refractivity contribution in [3.05, 3.63) is 182 Å². The van der Waals surface area contributed by atoms with Crippen LogP contribution < -0.4 is 0 Å². The summed E-state index contributed by atoms with van der Waals surface area (Å²) >= 11 is 0. The van der Waals surface area contributed by atoms with E-state index in [1.54, 1.807) is 0 Å². The smallest absolute Gasteiger partial charge is 0.0972 e. The molecule has 11 rings (SSSR count). The molecule has 0 amide bonds. The Labute approximate surface area is 305 Å². The third kappa shape index (κ3) is 4.66. The minimum atomic E-state index is 0.926. The van der Waals surface area contributed by atoms with Crippen LogP contribution in [0.4, 0.5) is 0 Å². The van der Waals surface area contributed by atoms with Crippen molar-refractivity contribution >= 4 is 65.3 Å². The third-order valence-corrected chi connectivity index (χ3v) is 10.6. The zero-order valence-corrected chi connectivity index (χ0v) is 28.6. The average Bonchev–Trinajstić information content (AvgIpc) is 3.58. The highest BCUT2D eigenvalue weighted by Gasteiger charge is 2.20. The number of pyridine rings is 3. The number of benzene rings is 7. The zero-order chi connectivity index (χ0) is 34.9. The maximum atomic E-state index is 5.51. The van der Waals surface area contributed by atoms with Crippen molar-refractivity contribution in [1.82, 2.24) is 19.5 Å². The fourth-order valence-electron chi connectivity index (χ4n) is 8.07. The lowest BCUT2D eigenvalue weighted by molar-refractivity contribution is 1.18. The van der Waals surface area contributed by atoms with Crippen LogP contribution in [0.1, 0.15) is 0 Å². The molecule has 11 aromatic rings. The Morgan fingerprint density at radius 3 is 1.87 bits per heavy atom. The molecule has 4 heterocycles. The first-order chi connectivity index (χ1) is 26.3. The predicted molar refractivity (Wildman–Crippen MR) is 220 cm³/mol. The van der Waals surface area contributed by atoms with Crippen LogP contribution in [0.5, 0.6) is 0 Å². The molecule has 0 saturated heterocycles. The van der Waals surface area contributed by atoms with Crippen LogP contribution >= 0.6 is 0 Å². The maximum Gasteiger partial charge on any atom is 0.0972 e. The second kappa shape index (κ2) is 11.7. The van der Waals surface area contributed by atoms with Crippen LogP contribution in [-0.2, 0) is 0 Å². The van der Waals surface area contributed by atoms with Gasteiger partial charge in [-0.1, -0.05) is 146 Å². The number of aromatic nitrogens is 4.